The molecule has 2 aliphatic heterocycles. The van der Waals surface area contributed by atoms with Crippen LogP contribution in [-0.4, -0.2) is 101 Å². The van der Waals surface area contributed by atoms with Crippen LogP contribution in [0, 0.1) is 0 Å². The number of carbonyl (C=O) groups is 3. The molecule has 8 N–H and O–H groups in total. The number of ether oxygens (including phenoxy) is 1. The Morgan fingerprint density at radius 3 is 2.59 bits per heavy atom. The third-order valence-corrected chi connectivity index (χ3v) is 8.84. The van der Waals surface area contributed by atoms with Gasteiger partial charge in [0, 0.05) is 17.0 Å². The van der Waals surface area contributed by atoms with Crippen molar-refractivity contribution in [3.63, 3.8) is 0 Å². The number of nitrogens with one attached hydrogen (secondary N) is 2. The summed E-state index contributed by atoms with van der Waals surface area (Å²) in [6.07, 6.45) is -0.413. The van der Waals surface area contributed by atoms with Gasteiger partial charge in [0.1, 0.15) is 29.9 Å². The number of nitrogens with zero attached hydrogens (tertiary/aromatic N) is 4. The van der Waals surface area contributed by atoms with E-state index >= 15 is 0 Å². The molecule has 1 unspecified atom stereocenters. The lowest BCUT2D eigenvalue weighted by atomic mass is 10.0. The first-order valence-electron chi connectivity index (χ1n) is 13.4. The van der Waals surface area contributed by atoms with Gasteiger partial charge in [0.2, 0.25) is 0 Å². The number of hydrogen-bond donors (Lipinski definition) is 6. The number of aromatic nitrogens is 1. The molecule has 2 aromatic rings. The number of benzene rings is 1. The van der Waals surface area contributed by atoms with Gasteiger partial charge in [0.25, 0.3) is 17.9 Å². The van der Waals surface area contributed by atoms with E-state index in [9.17, 15) is 32.5 Å². The van der Waals surface area contributed by atoms with E-state index in [2.05, 4.69) is 25.8 Å². The highest BCUT2D eigenvalue weighted by atomic mass is 32.2. The van der Waals surface area contributed by atoms with Crippen molar-refractivity contribution in [2.75, 3.05) is 25.4 Å². The van der Waals surface area contributed by atoms with Crippen LogP contribution in [0.5, 0.6) is 5.75 Å². The summed E-state index contributed by atoms with van der Waals surface area (Å²) in [5.74, 6) is -2.86. The van der Waals surface area contributed by atoms with Gasteiger partial charge < -0.3 is 36.8 Å². The summed E-state index contributed by atoms with van der Waals surface area (Å²) >= 11 is 1.06. The topological polar surface area (TPSA) is 261 Å². The van der Waals surface area contributed by atoms with Gasteiger partial charge in [-0.3, -0.25) is 19.1 Å². The maximum atomic E-state index is 13.2. The Labute approximate surface area is 256 Å². The van der Waals surface area contributed by atoms with E-state index in [1.165, 1.54) is 6.92 Å². The molecule has 4 atom stereocenters. The van der Waals surface area contributed by atoms with Gasteiger partial charge in [-0.15, -0.1) is 11.3 Å². The number of aliphatic imine (C=N–C) groups is 1. The van der Waals surface area contributed by atoms with Crippen LogP contribution >= 0.6 is 11.3 Å². The maximum Gasteiger partial charge on any atom is 0.362 e. The summed E-state index contributed by atoms with van der Waals surface area (Å²) < 4.78 is 37.9. The first kappa shape index (κ1) is 32.6. The zero-order chi connectivity index (χ0) is 32.2. The van der Waals surface area contributed by atoms with Crippen molar-refractivity contribution in [1.29, 1.82) is 0 Å². The van der Waals surface area contributed by atoms with Crippen LogP contribution in [0.2, 0.25) is 0 Å². The fourth-order valence-corrected chi connectivity index (χ4v) is 6.13. The minimum absolute atomic E-state index is 0.00755. The Morgan fingerprint density at radius 2 is 2.02 bits per heavy atom. The zero-order valence-corrected chi connectivity index (χ0v) is 25.3. The van der Waals surface area contributed by atoms with Gasteiger partial charge in [-0.05, 0) is 50.6 Å². The molecular weight excluding hydrogens is 620 g/mol. The van der Waals surface area contributed by atoms with Crippen molar-refractivity contribution in [1.82, 2.24) is 19.9 Å². The van der Waals surface area contributed by atoms with Crippen LogP contribution in [0.1, 0.15) is 36.4 Å². The van der Waals surface area contributed by atoms with Gasteiger partial charge in [-0.1, -0.05) is 12.1 Å². The van der Waals surface area contributed by atoms with Gasteiger partial charge in [0.05, 0.1) is 12.1 Å². The van der Waals surface area contributed by atoms with Gasteiger partial charge >= 0.3 is 16.3 Å². The predicted octanol–water partition coefficient (Wildman–Crippen LogP) is -0.874. The van der Waals surface area contributed by atoms with E-state index in [0.717, 1.165) is 30.8 Å². The molecule has 1 aromatic heterocycles. The Kier molecular flexibility index (Phi) is 10.0. The molecule has 2 amide bonds. The molecule has 2 aliphatic rings. The molecule has 3 heterocycles. The summed E-state index contributed by atoms with van der Waals surface area (Å²) in [7, 11) is -4.83. The molecule has 17 nitrogen and oxygen atoms in total. The minimum Gasteiger partial charge on any atom is -0.489 e. The molecule has 0 spiro atoms. The van der Waals surface area contributed by atoms with Gasteiger partial charge in [0.15, 0.2) is 10.8 Å². The van der Waals surface area contributed by atoms with Gasteiger partial charge in [-0.2, -0.15) is 8.42 Å². The molecule has 0 bridgehead atoms. The molecule has 2 fully saturated rings. The number of carboxylic acids is 1. The van der Waals surface area contributed by atoms with Crippen LogP contribution in [0.4, 0.5) is 5.13 Å². The second-order valence-corrected chi connectivity index (χ2v) is 12.3. The fourth-order valence-electron chi connectivity index (χ4n) is 4.48. The zero-order valence-electron chi connectivity index (χ0n) is 23.7. The summed E-state index contributed by atoms with van der Waals surface area (Å²) in [5.41, 5.74) is 12.1. The number of thiazole rings is 1. The normalized spacial score (nSPS) is 21.5. The Hall–Kier alpha value is -4.33. The molecule has 4 rings (SSSR count). The SMILES string of the molecule is CCc1sc(N)nc1/C(=N/OC(COc1ccc(C(N)=N[C@H]2CCNC2)cc1)C(=O)O)C(=O)N[C@@H]1C(=O)N(S(=O)(=O)O)[C@H]1C. The number of hydrogen-bond acceptors (Lipinski definition) is 13. The lowest BCUT2D eigenvalue weighted by Gasteiger charge is -2.42. The van der Waals surface area contributed by atoms with Crippen LogP contribution in [-0.2, 0) is 35.9 Å². The quantitative estimate of drug-likeness (QED) is 0.0506. The highest BCUT2D eigenvalue weighted by molar-refractivity contribution is 7.84. The van der Waals surface area contributed by atoms with Crippen molar-refractivity contribution in [3.05, 3.63) is 40.4 Å². The van der Waals surface area contributed by atoms with E-state index in [1.807, 2.05) is 0 Å². The van der Waals surface area contributed by atoms with Crippen LogP contribution in [0.15, 0.2) is 34.4 Å². The molecule has 238 valence electrons. The fraction of sp³-hybridized carbons (Fsp3) is 0.440. The average molecular weight is 653 g/mol. The van der Waals surface area contributed by atoms with Crippen LogP contribution in [0.3, 0.4) is 0 Å². The maximum absolute atomic E-state index is 13.2. The number of amidine groups is 1. The second-order valence-electron chi connectivity index (χ2n) is 9.85. The highest BCUT2D eigenvalue weighted by Gasteiger charge is 2.51. The molecular formula is C25H32N8O9S2. The van der Waals surface area contributed by atoms with E-state index in [-0.39, 0.29) is 21.2 Å². The number of anilines is 1. The second kappa shape index (κ2) is 13.5. The number of rotatable bonds is 13. The number of nitrogens with two attached hydrogens (primary N) is 2. The summed E-state index contributed by atoms with van der Waals surface area (Å²) in [4.78, 5) is 51.8. The number of carboxylic acid groups (broad SMARTS) is 1. The summed E-state index contributed by atoms with van der Waals surface area (Å²) in [6.45, 7) is 4.18. The van der Waals surface area contributed by atoms with E-state index in [1.54, 1.807) is 31.2 Å². The standard InChI is InChI=1S/C25H32N8O9S2/c1-3-17-19(31-25(27)43-17)20(22(34)30-18-12(2)33(23(18)35)44(38,39)40)32-42-16(24(36)37)11-41-15-6-4-13(5-7-15)21(26)29-14-8-9-28-10-14/h4-7,12,14,16,18,28H,3,8-11H2,1-2H3,(H2,26,29)(H2,27,31)(H,30,34)(H,36,37)(H,38,39,40)/b32-20-/t12-,14-,16?,18-/m0/s1. The molecule has 0 aliphatic carbocycles. The average Bonchev–Trinajstić information content (AvgIpc) is 3.61. The number of β-lactam (4-membered cyclic amide) rings is 1. The van der Waals surface area contributed by atoms with E-state index in [0.29, 0.717) is 28.4 Å². The Balaban J connectivity index is 1.48. The largest absolute Gasteiger partial charge is 0.489 e. The third kappa shape index (κ3) is 7.41. The minimum atomic E-state index is -4.83. The first-order valence-corrected chi connectivity index (χ1v) is 15.6. The van der Waals surface area contributed by atoms with Crippen LogP contribution < -0.4 is 26.8 Å². The van der Waals surface area contributed by atoms with Crippen molar-refractivity contribution in [2.24, 2.45) is 15.9 Å². The molecule has 1 aromatic carbocycles. The van der Waals surface area contributed by atoms with Gasteiger partial charge in [-0.25, -0.2) is 14.1 Å². The molecule has 19 heteroatoms. The monoisotopic (exact) mass is 652 g/mol. The number of carbonyl (C=O) groups excluding carboxylic acids is 2. The number of oxime groups is 1. The van der Waals surface area contributed by atoms with Crippen LogP contribution in [0.25, 0.3) is 0 Å². The number of aryl methyl sites for hydroxylation is 1. The van der Waals surface area contributed by atoms with E-state index < -0.39 is 58.6 Å². The molecule has 0 saturated carbocycles. The number of aliphatic carboxylic acids is 1. The highest BCUT2D eigenvalue weighted by Crippen LogP contribution is 2.25. The van der Waals surface area contributed by atoms with Crippen molar-refractivity contribution < 1.29 is 42.0 Å². The van der Waals surface area contributed by atoms with Crippen molar-refractivity contribution in [2.45, 2.75) is 50.9 Å². The Bertz CT molecular complexity index is 1570. The predicted molar refractivity (Wildman–Crippen MR) is 159 cm³/mol. The smallest absolute Gasteiger partial charge is 0.362 e. The molecule has 2 saturated heterocycles. The summed E-state index contributed by atoms with van der Waals surface area (Å²) in [6, 6.07) is 4.20. The lowest BCUT2D eigenvalue weighted by molar-refractivity contribution is -0.152. The lowest BCUT2D eigenvalue weighted by Crippen LogP contribution is -2.71. The third-order valence-electron chi connectivity index (χ3n) is 6.80. The van der Waals surface area contributed by atoms with Crippen molar-refractivity contribution in [3.8, 4) is 5.75 Å². The first-order chi connectivity index (χ1) is 20.8. The number of nitrogen functional groups attached to an aromatic ring is 1. The van der Waals surface area contributed by atoms with Crippen molar-refractivity contribution >= 4 is 56.1 Å². The molecule has 0 radical (unpaired) electrons. The molecule has 44 heavy (non-hydrogen) atoms. The summed E-state index contributed by atoms with van der Waals surface area (Å²) in [5, 5.41) is 19.1. The number of amides is 2. The Morgan fingerprint density at radius 1 is 1.32 bits per heavy atom. The van der Waals surface area contributed by atoms with E-state index in [4.69, 9.17) is 21.0 Å².